The van der Waals surface area contributed by atoms with Crippen LogP contribution in [0.25, 0.3) is 0 Å². The number of benzene rings is 1. The van der Waals surface area contributed by atoms with Gasteiger partial charge in [0.2, 0.25) is 5.89 Å². The molecule has 1 heterocycles. The molecule has 2 rings (SSSR count). The molecule has 0 aliphatic carbocycles. The maximum atomic E-state index is 13.2. The fourth-order valence-electron chi connectivity index (χ4n) is 1.49. The quantitative estimate of drug-likeness (QED) is 0.936. The van der Waals surface area contributed by atoms with Crippen molar-refractivity contribution in [3.8, 4) is 0 Å². The first-order valence-corrected chi connectivity index (χ1v) is 5.96. The van der Waals surface area contributed by atoms with Gasteiger partial charge in [0.05, 0.1) is 17.2 Å². The van der Waals surface area contributed by atoms with Crippen LogP contribution in [0.2, 0.25) is 0 Å². The predicted molar refractivity (Wildman–Crippen MR) is 67.4 cm³/mol. The van der Waals surface area contributed by atoms with Crippen LogP contribution in [-0.4, -0.2) is 4.98 Å². The van der Waals surface area contributed by atoms with Crippen LogP contribution in [0.3, 0.4) is 0 Å². The van der Waals surface area contributed by atoms with Crippen molar-refractivity contribution >= 4 is 21.6 Å². The Bertz CT molecular complexity index is 539. The van der Waals surface area contributed by atoms with E-state index in [9.17, 15) is 4.39 Å². The minimum atomic E-state index is -0.264. The summed E-state index contributed by atoms with van der Waals surface area (Å²) in [5, 5.41) is 3.16. The van der Waals surface area contributed by atoms with E-state index in [1.165, 1.54) is 6.07 Å². The Hall–Kier alpha value is -1.36. The molecule has 0 amide bonds. The molecule has 1 aromatic heterocycles. The minimum Gasteiger partial charge on any atom is -0.444 e. The first kappa shape index (κ1) is 12.1. The van der Waals surface area contributed by atoms with Crippen molar-refractivity contribution in [2.75, 3.05) is 5.32 Å². The number of hydrogen-bond donors (Lipinski definition) is 1. The van der Waals surface area contributed by atoms with Crippen LogP contribution < -0.4 is 5.32 Å². The molecule has 0 aliphatic rings. The van der Waals surface area contributed by atoms with Gasteiger partial charge in [-0.05, 0) is 47.5 Å². The van der Waals surface area contributed by atoms with Gasteiger partial charge in [0, 0.05) is 5.69 Å². The smallest absolute Gasteiger partial charge is 0.213 e. The topological polar surface area (TPSA) is 38.1 Å². The lowest BCUT2D eigenvalue weighted by atomic mass is 10.2. The van der Waals surface area contributed by atoms with E-state index < -0.39 is 0 Å². The van der Waals surface area contributed by atoms with Gasteiger partial charge in [-0.25, -0.2) is 9.37 Å². The third kappa shape index (κ3) is 2.85. The summed E-state index contributed by atoms with van der Waals surface area (Å²) in [4.78, 5) is 4.09. The summed E-state index contributed by atoms with van der Waals surface area (Å²) in [6.45, 7) is 4.17. The largest absolute Gasteiger partial charge is 0.444 e. The lowest BCUT2D eigenvalue weighted by molar-refractivity contribution is 0.479. The number of anilines is 1. The van der Waals surface area contributed by atoms with Crippen molar-refractivity contribution in [1.82, 2.24) is 4.98 Å². The van der Waals surface area contributed by atoms with Crippen LogP contribution in [0.4, 0.5) is 10.1 Å². The van der Waals surface area contributed by atoms with Gasteiger partial charge in [0.25, 0.3) is 0 Å². The second-order valence-corrected chi connectivity index (χ2v) is 4.65. The number of oxazole rings is 1. The molecule has 0 saturated heterocycles. The van der Waals surface area contributed by atoms with Crippen LogP contribution in [0.5, 0.6) is 0 Å². The Balaban J connectivity index is 2.11. The number of nitrogens with zero attached hydrogens (tertiary/aromatic N) is 1. The average molecular weight is 299 g/mol. The number of halogens is 2. The van der Waals surface area contributed by atoms with E-state index >= 15 is 0 Å². The standard InChI is InChI=1S/C12H12BrFN2O/c1-7-3-10(14)9(13)4-11(7)15-6-12-16-5-8(2)17-12/h3-5,15H,6H2,1-2H3. The van der Waals surface area contributed by atoms with E-state index in [-0.39, 0.29) is 5.82 Å². The zero-order valence-electron chi connectivity index (χ0n) is 9.55. The molecule has 1 N–H and O–H groups in total. The van der Waals surface area contributed by atoms with E-state index in [1.54, 1.807) is 12.3 Å². The van der Waals surface area contributed by atoms with E-state index in [0.29, 0.717) is 16.9 Å². The highest BCUT2D eigenvalue weighted by Gasteiger charge is 2.06. The molecule has 2 aromatic rings. The van der Waals surface area contributed by atoms with Crippen molar-refractivity contribution in [2.45, 2.75) is 20.4 Å². The van der Waals surface area contributed by atoms with Crippen molar-refractivity contribution < 1.29 is 8.81 Å². The molecule has 0 unspecified atom stereocenters. The highest BCUT2D eigenvalue weighted by molar-refractivity contribution is 9.10. The minimum absolute atomic E-state index is 0.264. The first-order chi connectivity index (χ1) is 8.06. The zero-order valence-corrected chi connectivity index (χ0v) is 11.1. The Morgan fingerprint density at radius 1 is 1.41 bits per heavy atom. The van der Waals surface area contributed by atoms with Gasteiger partial charge < -0.3 is 9.73 Å². The Labute approximate surface area is 107 Å². The molecule has 0 radical (unpaired) electrons. The molecule has 1 aromatic carbocycles. The van der Waals surface area contributed by atoms with Crippen molar-refractivity contribution in [1.29, 1.82) is 0 Å². The fourth-order valence-corrected chi connectivity index (χ4v) is 1.83. The number of nitrogens with one attached hydrogen (secondary N) is 1. The second-order valence-electron chi connectivity index (χ2n) is 3.80. The summed E-state index contributed by atoms with van der Waals surface area (Å²) in [5.41, 5.74) is 1.70. The van der Waals surface area contributed by atoms with Crippen LogP contribution in [0, 0.1) is 19.7 Å². The third-order valence-electron chi connectivity index (χ3n) is 2.37. The third-order valence-corrected chi connectivity index (χ3v) is 2.97. The molecule has 0 bridgehead atoms. The van der Waals surface area contributed by atoms with Gasteiger partial charge >= 0.3 is 0 Å². The fraction of sp³-hybridized carbons (Fsp3) is 0.250. The summed E-state index contributed by atoms with van der Waals surface area (Å²) in [7, 11) is 0. The normalized spacial score (nSPS) is 10.6. The van der Waals surface area contributed by atoms with Gasteiger partial charge in [-0.1, -0.05) is 0 Å². The second kappa shape index (κ2) is 4.87. The molecule has 0 fully saturated rings. The van der Waals surface area contributed by atoms with Crippen molar-refractivity contribution in [3.05, 3.63) is 45.8 Å². The Morgan fingerprint density at radius 3 is 2.82 bits per heavy atom. The predicted octanol–water partition coefficient (Wildman–Crippen LogP) is 3.81. The van der Waals surface area contributed by atoms with E-state index in [0.717, 1.165) is 17.0 Å². The highest BCUT2D eigenvalue weighted by Crippen LogP contribution is 2.24. The zero-order chi connectivity index (χ0) is 12.4. The van der Waals surface area contributed by atoms with E-state index in [1.807, 2.05) is 13.8 Å². The number of hydrogen-bond acceptors (Lipinski definition) is 3. The molecule has 17 heavy (non-hydrogen) atoms. The summed E-state index contributed by atoms with van der Waals surface area (Å²) < 4.78 is 19.0. The van der Waals surface area contributed by atoms with Crippen LogP contribution in [0.1, 0.15) is 17.2 Å². The molecule has 5 heteroatoms. The lowest BCUT2D eigenvalue weighted by Crippen LogP contribution is -2.01. The van der Waals surface area contributed by atoms with Crippen LogP contribution in [-0.2, 0) is 6.54 Å². The van der Waals surface area contributed by atoms with E-state index in [4.69, 9.17) is 4.42 Å². The number of rotatable bonds is 3. The van der Waals surface area contributed by atoms with Crippen LogP contribution in [0.15, 0.2) is 27.2 Å². The summed E-state index contributed by atoms with van der Waals surface area (Å²) in [6.07, 6.45) is 1.67. The van der Waals surface area contributed by atoms with Gasteiger partial charge in [-0.3, -0.25) is 0 Å². The first-order valence-electron chi connectivity index (χ1n) is 5.17. The summed E-state index contributed by atoms with van der Waals surface area (Å²) in [6, 6.07) is 3.19. The monoisotopic (exact) mass is 298 g/mol. The lowest BCUT2D eigenvalue weighted by Gasteiger charge is -2.08. The van der Waals surface area contributed by atoms with Crippen LogP contribution >= 0.6 is 15.9 Å². The molecular formula is C12H12BrFN2O. The molecule has 3 nitrogen and oxygen atoms in total. The molecule has 0 spiro atoms. The maximum Gasteiger partial charge on any atom is 0.213 e. The highest BCUT2D eigenvalue weighted by atomic mass is 79.9. The number of aromatic nitrogens is 1. The van der Waals surface area contributed by atoms with E-state index in [2.05, 4.69) is 26.2 Å². The van der Waals surface area contributed by atoms with Crippen molar-refractivity contribution in [2.24, 2.45) is 0 Å². The molecule has 0 aliphatic heterocycles. The number of aryl methyl sites for hydroxylation is 2. The summed E-state index contributed by atoms with van der Waals surface area (Å²) in [5.74, 6) is 1.13. The molecule has 0 saturated carbocycles. The van der Waals surface area contributed by atoms with Gasteiger partial charge in [-0.2, -0.15) is 0 Å². The molecule has 0 atom stereocenters. The van der Waals surface area contributed by atoms with Gasteiger partial charge in [-0.15, -0.1) is 0 Å². The SMILES string of the molecule is Cc1cnc(CNc2cc(Br)c(F)cc2C)o1. The van der Waals surface area contributed by atoms with Gasteiger partial charge in [0.1, 0.15) is 11.6 Å². The molecule has 90 valence electrons. The van der Waals surface area contributed by atoms with Crippen molar-refractivity contribution in [3.63, 3.8) is 0 Å². The Morgan fingerprint density at radius 2 is 2.18 bits per heavy atom. The molecular weight excluding hydrogens is 287 g/mol. The summed E-state index contributed by atoms with van der Waals surface area (Å²) >= 11 is 3.16. The van der Waals surface area contributed by atoms with Gasteiger partial charge in [0.15, 0.2) is 0 Å². The maximum absolute atomic E-state index is 13.2. The average Bonchev–Trinajstić information content (AvgIpc) is 2.68. The Kier molecular flexibility index (Phi) is 3.47.